The van der Waals surface area contributed by atoms with Gasteiger partial charge in [-0.15, -0.1) is 0 Å². The number of anilines is 1. The van der Waals surface area contributed by atoms with Crippen LogP contribution < -0.4 is 16.2 Å². The normalized spacial score (nSPS) is 10.2. The Balaban J connectivity index is 1.65. The highest BCUT2D eigenvalue weighted by Crippen LogP contribution is 2.22. The summed E-state index contributed by atoms with van der Waals surface area (Å²) in [5, 5.41) is 13.8. The summed E-state index contributed by atoms with van der Waals surface area (Å²) in [4.78, 5) is 16.3. The van der Waals surface area contributed by atoms with Gasteiger partial charge in [0.25, 0.3) is 5.91 Å². The fraction of sp³-hybridized carbons (Fsp3) is 0. The van der Waals surface area contributed by atoms with Crippen molar-refractivity contribution in [3.63, 3.8) is 0 Å². The van der Waals surface area contributed by atoms with E-state index in [1.165, 1.54) is 6.07 Å². The van der Waals surface area contributed by atoms with Gasteiger partial charge in [0.05, 0.1) is 0 Å². The van der Waals surface area contributed by atoms with E-state index in [1.54, 1.807) is 24.3 Å². The van der Waals surface area contributed by atoms with E-state index >= 15 is 0 Å². The van der Waals surface area contributed by atoms with E-state index in [9.17, 15) is 9.90 Å². The Morgan fingerprint density at radius 2 is 1.75 bits per heavy atom. The first-order valence-corrected chi connectivity index (χ1v) is 7.55. The minimum Gasteiger partial charge on any atom is -0.506 e. The zero-order valence-electron chi connectivity index (χ0n) is 12.5. The molecule has 0 aliphatic heterocycles. The van der Waals surface area contributed by atoms with E-state index in [-0.39, 0.29) is 16.6 Å². The number of aromatic nitrogens is 1. The number of fused-ring (bicyclic) bond motifs is 1. The molecule has 3 aromatic rings. The van der Waals surface area contributed by atoms with Gasteiger partial charge < -0.3 is 10.4 Å². The molecular weight excluding hydrogens is 324 g/mol. The van der Waals surface area contributed by atoms with Crippen LogP contribution in [-0.4, -0.2) is 21.1 Å². The number of nitrogens with zero attached hydrogens (tertiary/aromatic N) is 1. The number of hydrogen-bond donors (Lipinski definition) is 4. The molecule has 4 N–H and O–H groups in total. The molecule has 0 saturated heterocycles. The van der Waals surface area contributed by atoms with Crippen LogP contribution in [0.4, 0.5) is 5.69 Å². The highest BCUT2D eigenvalue weighted by Gasteiger charge is 2.10. The molecule has 0 aliphatic rings. The number of benzene rings is 2. The highest BCUT2D eigenvalue weighted by molar-refractivity contribution is 7.80. The first kappa shape index (κ1) is 15.7. The van der Waals surface area contributed by atoms with Crippen molar-refractivity contribution < 1.29 is 9.90 Å². The maximum Gasteiger partial charge on any atom is 0.288 e. The number of carbonyl (C=O) groups excluding carboxylic acids is 1. The van der Waals surface area contributed by atoms with Crippen LogP contribution in [-0.2, 0) is 0 Å². The number of pyridine rings is 1. The van der Waals surface area contributed by atoms with Crippen LogP contribution in [0.15, 0.2) is 60.7 Å². The second kappa shape index (κ2) is 6.93. The van der Waals surface area contributed by atoms with Gasteiger partial charge in [-0.1, -0.05) is 36.4 Å². The SMILES string of the molecule is O=C(NNC(=S)Nc1ccccc1)c1ccc2cccc(O)c2n1. The molecule has 0 saturated carbocycles. The molecule has 0 spiro atoms. The monoisotopic (exact) mass is 338 g/mol. The van der Waals surface area contributed by atoms with Crippen molar-refractivity contribution in [2.24, 2.45) is 0 Å². The van der Waals surface area contributed by atoms with Gasteiger partial charge in [0.2, 0.25) is 0 Å². The molecule has 7 heteroatoms. The summed E-state index contributed by atoms with van der Waals surface area (Å²) >= 11 is 5.10. The van der Waals surface area contributed by atoms with Crippen molar-refractivity contribution in [3.8, 4) is 5.75 Å². The molecule has 0 radical (unpaired) electrons. The molecule has 0 unspecified atom stereocenters. The molecule has 2 aromatic carbocycles. The second-order valence-corrected chi connectivity index (χ2v) is 5.35. The summed E-state index contributed by atoms with van der Waals surface area (Å²) in [6.45, 7) is 0. The predicted molar refractivity (Wildman–Crippen MR) is 96.7 cm³/mol. The zero-order chi connectivity index (χ0) is 16.9. The standard InChI is InChI=1S/C17H14N4O2S/c22-14-8-4-5-11-9-10-13(19-15(11)14)16(23)20-21-17(24)18-12-6-2-1-3-7-12/h1-10,22H,(H,20,23)(H2,18,21,24). The van der Waals surface area contributed by atoms with Gasteiger partial charge in [0.1, 0.15) is 17.0 Å². The summed E-state index contributed by atoms with van der Waals surface area (Å²) in [5.41, 5.74) is 6.42. The Morgan fingerprint density at radius 3 is 2.54 bits per heavy atom. The predicted octanol–water partition coefficient (Wildman–Crippen LogP) is 2.57. The first-order chi connectivity index (χ1) is 11.6. The Bertz CT molecular complexity index is 899. The fourth-order valence-corrected chi connectivity index (χ4v) is 2.29. The molecule has 1 aromatic heterocycles. The third kappa shape index (κ3) is 3.58. The zero-order valence-corrected chi connectivity index (χ0v) is 13.3. The third-order valence-electron chi connectivity index (χ3n) is 3.25. The van der Waals surface area contributed by atoms with Gasteiger partial charge in [0, 0.05) is 11.1 Å². The summed E-state index contributed by atoms with van der Waals surface area (Å²) in [6.07, 6.45) is 0. The molecule has 6 nitrogen and oxygen atoms in total. The number of hydrazine groups is 1. The second-order valence-electron chi connectivity index (χ2n) is 4.94. The Morgan fingerprint density at radius 1 is 0.958 bits per heavy atom. The summed E-state index contributed by atoms with van der Waals surface area (Å²) in [6, 6.07) is 17.7. The van der Waals surface area contributed by atoms with Crippen LogP contribution in [0, 0.1) is 0 Å². The molecule has 24 heavy (non-hydrogen) atoms. The number of thiocarbonyl (C=S) groups is 1. The fourth-order valence-electron chi connectivity index (χ4n) is 2.12. The first-order valence-electron chi connectivity index (χ1n) is 7.14. The quantitative estimate of drug-likeness (QED) is 0.424. The number of carbonyl (C=O) groups is 1. The molecule has 3 rings (SSSR count). The van der Waals surface area contributed by atoms with Crippen molar-refractivity contribution in [2.45, 2.75) is 0 Å². The van der Waals surface area contributed by atoms with Gasteiger partial charge in [-0.2, -0.15) is 0 Å². The number of phenols is 1. The van der Waals surface area contributed by atoms with Gasteiger partial charge >= 0.3 is 0 Å². The maximum absolute atomic E-state index is 12.2. The lowest BCUT2D eigenvalue weighted by molar-refractivity contribution is 0.0939. The summed E-state index contributed by atoms with van der Waals surface area (Å²) < 4.78 is 0. The van der Waals surface area contributed by atoms with Gasteiger partial charge in [0.15, 0.2) is 5.11 Å². The summed E-state index contributed by atoms with van der Waals surface area (Å²) in [5.74, 6) is -0.436. The minimum absolute atomic E-state index is 0.0244. The van der Waals surface area contributed by atoms with Gasteiger partial charge in [-0.3, -0.25) is 15.6 Å². The van der Waals surface area contributed by atoms with Crippen LogP contribution in [0.25, 0.3) is 10.9 Å². The lowest BCUT2D eigenvalue weighted by Gasteiger charge is -2.11. The molecule has 0 bridgehead atoms. The summed E-state index contributed by atoms with van der Waals surface area (Å²) in [7, 11) is 0. The number of hydrogen-bond acceptors (Lipinski definition) is 4. The highest BCUT2D eigenvalue weighted by atomic mass is 32.1. The molecule has 0 fully saturated rings. The lowest BCUT2D eigenvalue weighted by atomic mass is 10.2. The van der Waals surface area contributed by atoms with Crippen LogP contribution in [0.2, 0.25) is 0 Å². The van der Waals surface area contributed by atoms with Crippen molar-refractivity contribution in [1.29, 1.82) is 0 Å². The van der Waals surface area contributed by atoms with Crippen LogP contribution in [0.1, 0.15) is 10.5 Å². The number of aromatic hydroxyl groups is 1. The number of rotatable bonds is 2. The average Bonchev–Trinajstić information content (AvgIpc) is 2.60. The Labute approximate surface area is 143 Å². The minimum atomic E-state index is -0.461. The van der Waals surface area contributed by atoms with Gasteiger partial charge in [-0.25, -0.2) is 4.98 Å². The number of amides is 1. The van der Waals surface area contributed by atoms with Gasteiger partial charge in [-0.05, 0) is 36.5 Å². The van der Waals surface area contributed by atoms with Crippen LogP contribution >= 0.6 is 12.2 Å². The molecular formula is C17H14N4O2S. The van der Waals surface area contributed by atoms with E-state index in [2.05, 4.69) is 21.2 Å². The van der Waals surface area contributed by atoms with E-state index in [4.69, 9.17) is 12.2 Å². The van der Waals surface area contributed by atoms with E-state index in [1.807, 2.05) is 30.3 Å². The van der Waals surface area contributed by atoms with Crippen molar-refractivity contribution in [3.05, 3.63) is 66.4 Å². The topological polar surface area (TPSA) is 86.3 Å². The smallest absolute Gasteiger partial charge is 0.288 e. The molecule has 120 valence electrons. The lowest BCUT2D eigenvalue weighted by Crippen LogP contribution is -2.44. The van der Waals surface area contributed by atoms with E-state index in [0.29, 0.717) is 5.52 Å². The largest absolute Gasteiger partial charge is 0.506 e. The van der Waals surface area contributed by atoms with E-state index in [0.717, 1.165) is 11.1 Å². The van der Waals surface area contributed by atoms with Crippen LogP contribution in [0.5, 0.6) is 5.75 Å². The van der Waals surface area contributed by atoms with E-state index < -0.39 is 5.91 Å². The maximum atomic E-state index is 12.2. The van der Waals surface area contributed by atoms with Crippen molar-refractivity contribution in [2.75, 3.05) is 5.32 Å². The Hall–Kier alpha value is -3.19. The number of phenolic OH excluding ortho intramolecular Hbond substituents is 1. The number of nitrogens with one attached hydrogen (secondary N) is 3. The number of para-hydroxylation sites is 2. The molecule has 0 atom stereocenters. The molecule has 0 aliphatic carbocycles. The van der Waals surface area contributed by atoms with Crippen molar-refractivity contribution in [1.82, 2.24) is 15.8 Å². The average molecular weight is 338 g/mol. The molecule has 1 heterocycles. The van der Waals surface area contributed by atoms with Crippen molar-refractivity contribution >= 4 is 39.8 Å². The Kier molecular flexibility index (Phi) is 4.53. The third-order valence-corrected chi connectivity index (χ3v) is 3.46. The van der Waals surface area contributed by atoms with Crippen LogP contribution in [0.3, 0.4) is 0 Å². The molecule has 1 amide bonds.